The lowest BCUT2D eigenvalue weighted by Gasteiger charge is -2.24. The fourth-order valence-electron chi connectivity index (χ4n) is 5.81. The molecule has 20 nitrogen and oxygen atoms in total. The number of fused-ring (bicyclic) bond motifs is 5. The van der Waals surface area contributed by atoms with E-state index in [0.717, 1.165) is 38.9 Å². The maximum Gasteiger partial charge on any atom is 0.472 e. The van der Waals surface area contributed by atoms with Crippen LogP contribution in [-0.2, 0) is 49.4 Å². The molecule has 3 fully saturated rings. The number of nitrogens with one attached hydrogen (secondary N) is 1. The van der Waals surface area contributed by atoms with Crippen LogP contribution < -0.4 is 16.0 Å². The Morgan fingerprint density at radius 2 is 1.87 bits per heavy atom. The molecule has 7 heterocycles. The van der Waals surface area contributed by atoms with E-state index in [1.165, 1.54) is 14.2 Å². The lowest BCUT2D eigenvalue weighted by Crippen LogP contribution is -2.44. The molecule has 47 heavy (non-hydrogen) atoms. The number of aryl methyl sites for hydroxylation is 1. The molecule has 0 spiro atoms. The van der Waals surface area contributed by atoms with Crippen molar-refractivity contribution in [2.45, 2.75) is 49.1 Å². The molecule has 3 aliphatic rings. The molecule has 4 aromatic heterocycles. The average molecular weight is 706 g/mol. The fourth-order valence-corrected chi connectivity index (χ4v) is 7.70. The van der Waals surface area contributed by atoms with E-state index in [1.54, 1.807) is 0 Å². The van der Waals surface area contributed by atoms with Gasteiger partial charge in [0.2, 0.25) is 0 Å². The van der Waals surface area contributed by atoms with Gasteiger partial charge in [0.1, 0.15) is 41.6 Å². The number of methoxy groups -OCH3 is 1. The van der Waals surface area contributed by atoms with Crippen LogP contribution in [0.3, 0.4) is 0 Å². The van der Waals surface area contributed by atoms with E-state index in [1.807, 2.05) is 0 Å². The standard InChI is InChI=1S/C23H26F2N9O11PS/c1-32-7-30-19-12(21(32)35)9(24)4-33(19)23-17-16(40-2)11(43-23)5-41-46(36,37)44-15-10(3-31-47(38,39)45-17)42-22(13(15)25)34-8-29-14-18(26)27-6-28-20(14)34/h4,6-8,10-11,13,15-17,22-23,31H,3,5H2,1-2H3,(H,36,37)(H2,26,27,28)/t10-,11-,13-,15-,16-,17-,22-,23-/m1/s1. The number of hydrogen-bond acceptors (Lipinski definition) is 15. The molecular formula is C23H26F2N9O11PS. The minimum absolute atomic E-state index is 0.00227. The average Bonchev–Trinajstić information content (AvgIpc) is 3.76. The van der Waals surface area contributed by atoms with E-state index in [4.69, 9.17) is 33.2 Å². The second kappa shape index (κ2) is 11.6. The quantitative estimate of drug-likeness (QED) is 0.220. The predicted octanol–water partition coefficient (Wildman–Crippen LogP) is -0.820. The highest BCUT2D eigenvalue weighted by atomic mass is 32.2. The van der Waals surface area contributed by atoms with Crippen LogP contribution in [0.2, 0.25) is 0 Å². The van der Waals surface area contributed by atoms with Crippen LogP contribution in [-0.4, -0.2) is 104 Å². The number of nitrogens with zero attached hydrogens (tertiary/aromatic N) is 7. The summed E-state index contributed by atoms with van der Waals surface area (Å²) in [4.78, 5) is 39.3. The van der Waals surface area contributed by atoms with Crippen LogP contribution in [0.4, 0.5) is 14.6 Å². The second-order valence-corrected chi connectivity index (χ2v) is 13.6. The normalized spacial score (nSPS) is 34.6. The van der Waals surface area contributed by atoms with E-state index in [9.17, 15) is 22.7 Å². The van der Waals surface area contributed by atoms with Crippen LogP contribution in [0.1, 0.15) is 12.5 Å². The van der Waals surface area contributed by atoms with Gasteiger partial charge in [-0.05, 0) is 0 Å². The van der Waals surface area contributed by atoms with Gasteiger partial charge in [-0.3, -0.25) is 18.4 Å². The monoisotopic (exact) mass is 705 g/mol. The van der Waals surface area contributed by atoms with Gasteiger partial charge < -0.3 is 34.0 Å². The molecule has 0 aromatic carbocycles. The van der Waals surface area contributed by atoms with Gasteiger partial charge in [0.25, 0.3) is 5.56 Å². The van der Waals surface area contributed by atoms with Crippen molar-refractivity contribution in [2.75, 3.05) is 26.0 Å². The highest BCUT2D eigenvalue weighted by molar-refractivity contribution is 7.84. The zero-order valence-electron chi connectivity index (χ0n) is 24.2. The number of imidazole rings is 1. The number of nitrogens with two attached hydrogens (primary N) is 1. The second-order valence-electron chi connectivity index (χ2n) is 10.8. The lowest BCUT2D eigenvalue weighted by molar-refractivity contribution is -0.0571. The van der Waals surface area contributed by atoms with Crippen LogP contribution in [0, 0.1) is 5.82 Å². The number of phosphoric acid groups is 1. The third kappa shape index (κ3) is 5.50. The van der Waals surface area contributed by atoms with Crippen molar-refractivity contribution >= 4 is 46.1 Å². The van der Waals surface area contributed by atoms with E-state index >= 15 is 8.78 Å². The highest BCUT2D eigenvalue weighted by Gasteiger charge is 2.54. The first-order valence-corrected chi connectivity index (χ1v) is 16.6. The molecule has 7 rings (SSSR count). The number of phosphoric ester groups is 1. The van der Waals surface area contributed by atoms with Gasteiger partial charge in [0, 0.05) is 26.9 Å². The van der Waals surface area contributed by atoms with Crippen LogP contribution in [0.5, 0.6) is 0 Å². The number of aromatic nitrogens is 7. The fraction of sp³-hybridized carbons (Fsp3) is 0.522. The third-order valence-electron chi connectivity index (χ3n) is 7.96. The highest BCUT2D eigenvalue weighted by Crippen LogP contribution is 2.50. The number of nitrogen functional groups attached to an aromatic ring is 1. The number of anilines is 1. The zero-order valence-corrected chi connectivity index (χ0v) is 25.9. The molecular weight excluding hydrogens is 679 g/mol. The van der Waals surface area contributed by atoms with Crippen LogP contribution in [0.25, 0.3) is 22.2 Å². The number of rotatable bonds is 3. The van der Waals surface area contributed by atoms with Crippen molar-refractivity contribution in [1.29, 1.82) is 0 Å². The molecule has 0 amide bonds. The van der Waals surface area contributed by atoms with Crippen LogP contribution >= 0.6 is 7.82 Å². The SMILES string of the molecule is CO[C@H]1[C@H]2OS(=O)(=O)NC[C@H]3O[C@@H](n4cnc5c(N)ncnc54)[C@H](F)[C@@H]3OP(=O)(O)OC[C@H]1O[C@H]2n1cc(F)c2c(=O)n(C)cnc21. The molecule has 0 radical (unpaired) electrons. The molecule has 0 saturated carbocycles. The molecule has 254 valence electrons. The summed E-state index contributed by atoms with van der Waals surface area (Å²) in [6, 6.07) is 0. The Morgan fingerprint density at radius 3 is 2.64 bits per heavy atom. The largest absolute Gasteiger partial charge is 0.472 e. The Balaban J connectivity index is 1.23. The van der Waals surface area contributed by atoms with Crippen LogP contribution in [0.15, 0.2) is 30.0 Å². The molecule has 3 aliphatic heterocycles. The molecule has 4 aromatic rings. The summed E-state index contributed by atoms with van der Waals surface area (Å²) in [5.41, 5.74) is 5.08. The summed E-state index contributed by atoms with van der Waals surface area (Å²) in [6.45, 7) is -1.50. The summed E-state index contributed by atoms with van der Waals surface area (Å²) < 4.78 is 109. The topological polar surface area (TPSA) is 248 Å². The minimum Gasteiger partial charge on any atom is -0.382 e. The van der Waals surface area contributed by atoms with E-state index < -0.39 is 97.2 Å². The maximum atomic E-state index is 16.0. The number of hydrogen-bond donors (Lipinski definition) is 3. The van der Waals surface area contributed by atoms with Crippen molar-refractivity contribution < 1.29 is 54.1 Å². The number of ether oxygens (including phenoxy) is 3. The molecule has 3 saturated heterocycles. The molecule has 9 atom stereocenters. The van der Waals surface area contributed by atoms with Gasteiger partial charge in [-0.15, -0.1) is 0 Å². The van der Waals surface area contributed by atoms with Gasteiger partial charge in [-0.2, -0.15) is 13.1 Å². The smallest absolute Gasteiger partial charge is 0.382 e. The minimum atomic E-state index is -5.13. The first-order chi connectivity index (χ1) is 22.3. The molecule has 1 unspecified atom stereocenters. The molecule has 2 bridgehead atoms. The van der Waals surface area contributed by atoms with E-state index in [0.29, 0.717) is 0 Å². The first-order valence-electron chi connectivity index (χ1n) is 13.7. The van der Waals surface area contributed by atoms with Crippen molar-refractivity contribution in [1.82, 2.24) is 38.4 Å². The third-order valence-corrected chi connectivity index (χ3v) is 9.94. The summed E-state index contributed by atoms with van der Waals surface area (Å²) in [6.07, 6.45) is -8.65. The van der Waals surface area contributed by atoms with Gasteiger partial charge in [0.15, 0.2) is 47.7 Å². The summed E-state index contributed by atoms with van der Waals surface area (Å²) in [5.74, 6) is -0.981. The Kier molecular flexibility index (Phi) is 7.90. The van der Waals surface area contributed by atoms with Gasteiger partial charge in [0.05, 0.1) is 19.3 Å². The molecule has 0 aliphatic carbocycles. The Bertz CT molecular complexity index is 2080. The Morgan fingerprint density at radius 1 is 1.11 bits per heavy atom. The summed E-state index contributed by atoms with van der Waals surface area (Å²) in [7, 11) is -7.37. The predicted molar refractivity (Wildman–Crippen MR) is 151 cm³/mol. The van der Waals surface area contributed by atoms with Crippen molar-refractivity contribution in [2.24, 2.45) is 7.05 Å². The lowest BCUT2D eigenvalue weighted by atomic mass is 10.1. The van der Waals surface area contributed by atoms with Gasteiger partial charge in [-0.1, -0.05) is 0 Å². The van der Waals surface area contributed by atoms with Gasteiger partial charge in [-0.25, -0.2) is 37.5 Å². The van der Waals surface area contributed by atoms with Crippen molar-refractivity contribution in [3.05, 3.63) is 41.3 Å². The number of alkyl halides is 1. The summed E-state index contributed by atoms with van der Waals surface area (Å²) >= 11 is 0. The Hall–Kier alpha value is -3.51. The number of halogens is 2. The van der Waals surface area contributed by atoms with Gasteiger partial charge >= 0.3 is 18.1 Å². The molecule has 4 N–H and O–H groups in total. The van der Waals surface area contributed by atoms with Crippen molar-refractivity contribution in [3.8, 4) is 0 Å². The molecule has 24 heteroatoms. The van der Waals surface area contributed by atoms with E-state index in [2.05, 4.69) is 24.7 Å². The zero-order chi connectivity index (χ0) is 33.4. The first kappa shape index (κ1) is 32.1. The maximum absolute atomic E-state index is 16.0. The van der Waals surface area contributed by atoms with Crippen molar-refractivity contribution in [3.63, 3.8) is 0 Å². The summed E-state index contributed by atoms with van der Waals surface area (Å²) in [5, 5.41) is -0.408. The van der Waals surface area contributed by atoms with E-state index in [-0.39, 0.29) is 22.6 Å². The Labute approximate surface area is 262 Å².